The Bertz CT molecular complexity index is 355. The van der Waals surface area contributed by atoms with Gasteiger partial charge in [-0.25, -0.2) is 4.79 Å². The van der Waals surface area contributed by atoms with E-state index in [2.05, 4.69) is 6.07 Å². The molecule has 0 radical (unpaired) electrons. The molecule has 1 aliphatic carbocycles. The minimum Gasteiger partial charge on any atom is -0.500 e. The first kappa shape index (κ1) is 9.07. The van der Waals surface area contributed by atoms with Gasteiger partial charge in [0.05, 0.1) is 31.1 Å². The highest BCUT2D eigenvalue weighted by Gasteiger charge is 2.58. The number of ether oxygens (including phenoxy) is 2. The summed E-state index contributed by atoms with van der Waals surface area (Å²) in [6, 6.07) is 2.19. The average molecular weight is 193 g/mol. The number of nitrogens with zero attached hydrogens (tertiary/aromatic N) is 1. The zero-order valence-corrected chi connectivity index (χ0v) is 8.11. The third kappa shape index (κ3) is 1.02. The molecule has 0 N–H and O–H groups in total. The van der Waals surface area contributed by atoms with Crippen LogP contribution in [0.1, 0.15) is 13.3 Å². The summed E-state index contributed by atoms with van der Waals surface area (Å²) in [5, 5.41) is 8.85. The molecule has 74 valence electrons. The fraction of sp³-hybridized carbons (Fsp3) is 0.600. The topological polar surface area (TPSA) is 59.3 Å². The van der Waals surface area contributed by atoms with Crippen molar-refractivity contribution < 1.29 is 14.3 Å². The Morgan fingerprint density at radius 2 is 2.50 bits per heavy atom. The van der Waals surface area contributed by atoms with Gasteiger partial charge in [0, 0.05) is 6.42 Å². The van der Waals surface area contributed by atoms with Crippen molar-refractivity contribution in [3.8, 4) is 6.07 Å². The second kappa shape index (κ2) is 2.74. The quantitative estimate of drug-likeness (QED) is 0.583. The van der Waals surface area contributed by atoms with Gasteiger partial charge < -0.3 is 9.47 Å². The van der Waals surface area contributed by atoms with Crippen molar-refractivity contribution in [2.24, 2.45) is 11.8 Å². The lowest BCUT2D eigenvalue weighted by Gasteiger charge is -2.51. The van der Waals surface area contributed by atoms with Crippen LogP contribution in [0.2, 0.25) is 0 Å². The van der Waals surface area contributed by atoms with Crippen LogP contribution < -0.4 is 0 Å². The zero-order chi connectivity index (χ0) is 10.3. The Morgan fingerprint density at radius 1 is 1.79 bits per heavy atom. The van der Waals surface area contributed by atoms with E-state index in [0.29, 0.717) is 12.2 Å². The number of carbonyl (C=O) groups excluding carboxylic acids is 1. The number of hydrogen-bond donors (Lipinski definition) is 0. The Morgan fingerprint density at radius 3 is 3.07 bits per heavy atom. The van der Waals surface area contributed by atoms with Crippen LogP contribution in [0, 0.1) is 23.2 Å². The Balaban J connectivity index is 2.33. The molecule has 14 heavy (non-hydrogen) atoms. The van der Waals surface area contributed by atoms with E-state index in [-0.39, 0.29) is 17.8 Å². The summed E-state index contributed by atoms with van der Waals surface area (Å²) in [7, 11) is 1.51. The molecular weight excluding hydrogens is 182 g/mol. The number of fused-ring (bicyclic) bond motifs is 1. The molecule has 0 aromatic heterocycles. The van der Waals surface area contributed by atoms with Gasteiger partial charge in [0.25, 0.3) is 0 Å². The highest BCUT2D eigenvalue weighted by molar-refractivity contribution is 5.84. The van der Waals surface area contributed by atoms with Crippen LogP contribution >= 0.6 is 0 Å². The number of esters is 1. The van der Waals surface area contributed by atoms with Crippen molar-refractivity contribution in [1.29, 1.82) is 5.26 Å². The number of rotatable bonds is 1. The zero-order valence-electron chi connectivity index (χ0n) is 8.11. The summed E-state index contributed by atoms with van der Waals surface area (Å²) in [5.74, 6) is 0.00744. The summed E-state index contributed by atoms with van der Waals surface area (Å²) >= 11 is 0. The normalized spacial score (nSPS) is 39.8. The molecule has 2 aliphatic rings. The summed E-state index contributed by atoms with van der Waals surface area (Å²) in [5.41, 5.74) is -0.530. The molecule has 0 aromatic rings. The van der Waals surface area contributed by atoms with Crippen LogP contribution in [0.4, 0.5) is 0 Å². The van der Waals surface area contributed by atoms with Crippen molar-refractivity contribution >= 4 is 5.97 Å². The van der Waals surface area contributed by atoms with Crippen molar-refractivity contribution in [3.05, 3.63) is 11.8 Å². The van der Waals surface area contributed by atoms with Crippen molar-refractivity contribution in [2.75, 3.05) is 7.11 Å². The first-order valence-electron chi connectivity index (χ1n) is 4.49. The Kier molecular flexibility index (Phi) is 1.78. The van der Waals surface area contributed by atoms with E-state index in [1.54, 1.807) is 0 Å². The third-order valence-corrected chi connectivity index (χ3v) is 2.99. The predicted molar refractivity (Wildman–Crippen MR) is 46.8 cm³/mol. The van der Waals surface area contributed by atoms with Crippen molar-refractivity contribution in [3.63, 3.8) is 0 Å². The fourth-order valence-corrected chi connectivity index (χ4v) is 2.32. The van der Waals surface area contributed by atoms with Gasteiger partial charge in [0.15, 0.2) is 0 Å². The molecule has 0 spiro atoms. The first-order chi connectivity index (χ1) is 6.60. The van der Waals surface area contributed by atoms with E-state index < -0.39 is 5.60 Å². The van der Waals surface area contributed by atoms with Crippen LogP contribution in [0.3, 0.4) is 0 Å². The van der Waals surface area contributed by atoms with E-state index in [1.807, 2.05) is 6.92 Å². The third-order valence-electron chi connectivity index (χ3n) is 2.99. The number of nitriles is 1. The fourth-order valence-electron chi connectivity index (χ4n) is 2.32. The minimum atomic E-state index is -0.530. The lowest BCUT2D eigenvalue weighted by atomic mass is 9.61. The van der Waals surface area contributed by atoms with Crippen LogP contribution in [0.25, 0.3) is 0 Å². The standard InChI is InChI=1S/C10H11NO3/c1-10-4-6(5-11)9(10)7(13-2)3-8(12)14-10/h3,6,9H,4H2,1-2H3. The van der Waals surface area contributed by atoms with Crippen LogP contribution in [0.15, 0.2) is 11.8 Å². The van der Waals surface area contributed by atoms with E-state index in [1.165, 1.54) is 13.2 Å². The van der Waals surface area contributed by atoms with Crippen molar-refractivity contribution in [2.45, 2.75) is 18.9 Å². The highest BCUT2D eigenvalue weighted by atomic mass is 16.6. The summed E-state index contributed by atoms with van der Waals surface area (Å²) < 4.78 is 10.3. The molecule has 1 fully saturated rings. The molecule has 1 saturated carbocycles. The second-order valence-electron chi connectivity index (χ2n) is 3.90. The lowest BCUT2D eigenvalue weighted by molar-refractivity contribution is -0.184. The maximum Gasteiger partial charge on any atom is 0.334 e. The molecule has 1 heterocycles. The SMILES string of the molecule is COC1=CC(=O)OC2(C)CC(C#N)C12. The minimum absolute atomic E-state index is 0.0878. The first-order valence-corrected chi connectivity index (χ1v) is 4.49. The smallest absolute Gasteiger partial charge is 0.334 e. The lowest BCUT2D eigenvalue weighted by Crippen LogP contribution is -2.57. The van der Waals surface area contributed by atoms with Crippen LogP contribution in [-0.2, 0) is 14.3 Å². The van der Waals surface area contributed by atoms with Crippen molar-refractivity contribution in [1.82, 2.24) is 0 Å². The predicted octanol–water partition coefficient (Wildman–Crippen LogP) is 0.992. The summed E-state index contributed by atoms with van der Waals surface area (Å²) in [4.78, 5) is 11.2. The number of methoxy groups -OCH3 is 1. The van der Waals surface area contributed by atoms with E-state index >= 15 is 0 Å². The van der Waals surface area contributed by atoms with Gasteiger partial charge >= 0.3 is 5.97 Å². The average Bonchev–Trinajstić information content (AvgIpc) is 2.11. The van der Waals surface area contributed by atoms with Gasteiger partial charge in [-0.1, -0.05) is 0 Å². The molecular formula is C10H11NO3. The maximum absolute atomic E-state index is 11.2. The van der Waals surface area contributed by atoms with E-state index in [0.717, 1.165) is 0 Å². The molecule has 0 amide bonds. The van der Waals surface area contributed by atoms with Gasteiger partial charge in [-0.05, 0) is 6.92 Å². The summed E-state index contributed by atoms with van der Waals surface area (Å²) in [6.07, 6.45) is 1.93. The molecule has 1 aliphatic heterocycles. The molecule has 3 atom stereocenters. The summed E-state index contributed by atoms with van der Waals surface area (Å²) in [6.45, 7) is 1.84. The molecule has 0 saturated heterocycles. The molecule has 0 bridgehead atoms. The molecule has 4 heteroatoms. The molecule has 4 nitrogen and oxygen atoms in total. The van der Waals surface area contributed by atoms with E-state index in [9.17, 15) is 4.79 Å². The van der Waals surface area contributed by atoms with Gasteiger partial charge in [-0.2, -0.15) is 5.26 Å². The van der Waals surface area contributed by atoms with E-state index in [4.69, 9.17) is 14.7 Å². The Hall–Kier alpha value is -1.50. The highest BCUT2D eigenvalue weighted by Crippen LogP contribution is 2.52. The monoisotopic (exact) mass is 193 g/mol. The van der Waals surface area contributed by atoms with Gasteiger partial charge in [-0.15, -0.1) is 0 Å². The number of hydrogen-bond acceptors (Lipinski definition) is 4. The van der Waals surface area contributed by atoms with Crippen LogP contribution in [-0.4, -0.2) is 18.7 Å². The number of carbonyl (C=O) groups is 1. The maximum atomic E-state index is 11.2. The molecule has 2 rings (SSSR count). The van der Waals surface area contributed by atoms with Gasteiger partial charge in [-0.3, -0.25) is 0 Å². The second-order valence-corrected chi connectivity index (χ2v) is 3.90. The Labute approximate surface area is 82.1 Å². The van der Waals surface area contributed by atoms with Crippen LogP contribution in [0.5, 0.6) is 0 Å². The van der Waals surface area contributed by atoms with Gasteiger partial charge in [0.2, 0.25) is 0 Å². The molecule has 0 aromatic carbocycles. The largest absolute Gasteiger partial charge is 0.500 e. The molecule has 3 unspecified atom stereocenters. The van der Waals surface area contributed by atoms with Gasteiger partial charge in [0.1, 0.15) is 11.4 Å².